The summed E-state index contributed by atoms with van der Waals surface area (Å²) >= 11 is 0. The van der Waals surface area contributed by atoms with Crippen molar-refractivity contribution in [1.82, 2.24) is 38.2 Å². The molecule has 0 saturated heterocycles. The second-order valence-corrected chi connectivity index (χ2v) is 10.9. The zero-order valence-electron chi connectivity index (χ0n) is 16.5. The van der Waals surface area contributed by atoms with Crippen LogP contribution >= 0.6 is 15.8 Å². The fourth-order valence-corrected chi connectivity index (χ4v) is 8.62. The van der Waals surface area contributed by atoms with Gasteiger partial charge >= 0.3 is 0 Å². The van der Waals surface area contributed by atoms with Crippen molar-refractivity contribution in [3.05, 3.63) is 49.6 Å². The van der Waals surface area contributed by atoms with Gasteiger partial charge in [0.1, 0.15) is 22.3 Å². The zero-order valence-corrected chi connectivity index (χ0v) is 18.3. The van der Waals surface area contributed by atoms with Crippen LogP contribution in [-0.2, 0) is 28.2 Å². The van der Waals surface area contributed by atoms with E-state index in [2.05, 4.69) is 66.4 Å². The van der Waals surface area contributed by atoms with Crippen LogP contribution < -0.4 is 22.3 Å². The molecule has 0 saturated carbocycles. The van der Waals surface area contributed by atoms with Gasteiger partial charge in [-0.15, -0.1) is 0 Å². The maximum Gasteiger partial charge on any atom is 0.138 e. The van der Waals surface area contributed by atoms with Gasteiger partial charge in [0.05, 0.1) is 0 Å². The highest BCUT2D eigenvalue weighted by Crippen LogP contribution is 2.39. The zero-order chi connectivity index (χ0) is 19.7. The number of imidazole rings is 4. The third kappa shape index (κ3) is 3.54. The molecule has 146 valence electrons. The smallest absolute Gasteiger partial charge is 0.138 e. The van der Waals surface area contributed by atoms with Gasteiger partial charge in [0, 0.05) is 93.6 Å². The van der Waals surface area contributed by atoms with Crippen LogP contribution in [-0.4, -0.2) is 50.5 Å². The summed E-state index contributed by atoms with van der Waals surface area (Å²) in [6.45, 7) is 0. The molecule has 10 heteroatoms. The summed E-state index contributed by atoms with van der Waals surface area (Å²) in [6, 6.07) is 0. The predicted octanol–water partition coefficient (Wildman–Crippen LogP) is 0.186. The van der Waals surface area contributed by atoms with Crippen LogP contribution in [0.25, 0.3) is 0 Å². The van der Waals surface area contributed by atoms with Gasteiger partial charge < -0.3 is 18.3 Å². The first-order valence-electron chi connectivity index (χ1n) is 9.00. The highest BCUT2D eigenvalue weighted by molar-refractivity contribution is 7.75. The first kappa shape index (κ1) is 19.0. The van der Waals surface area contributed by atoms with Gasteiger partial charge in [0.25, 0.3) is 0 Å². The number of nitrogens with zero attached hydrogens (tertiary/aromatic N) is 8. The summed E-state index contributed by atoms with van der Waals surface area (Å²) in [7, 11) is 6.87. The van der Waals surface area contributed by atoms with Crippen LogP contribution in [0.5, 0.6) is 0 Å². The van der Waals surface area contributed by atoms with Crippen molar-refractivity contribution in [2.24, 2.45) is 28.2 Å². The molecule has 0 fully saturated rings. The normalized spacial score (nSPS) is 11.8. The van der Waals surface area contributed by atoms with Gasteiger partial charge in [-0.1, -0.05) is 0 Å². The molecule has 0 radical (unpaired) electrons. The molecule has 0 unspecified atom stereocenters. The van der Waals surface area contributed by atoms with Crippen LogP contribution in [0.2, 0.25) is 0 Å². The highest BCUT2D eigenvalue weighted by Gasteiger charge is 2.27. The van der Waals surface area contributed by atoms with E-state index in [9.17, 15) is 0 Å². The molecule has 0 aliphatic carbocycles. The van der Waals surface area contributed by atoms with Gasteiger partial charge in [-0.25, -0.2) is 19.9 Å². The van der Waals surface area contributed by atoms with E-state index in [1.807, 2.05) is 49.6 Å². The predicted molar refractivity (Wildman–Crippen MR) is 115 cm³/mol. The fraction of sp³-hybridized carbons (Fsp3) is 0.333. The molecule has 4 aromatic heterocycles. The van der Waals surface area contributed by atoms with Crippen molar-refractivity contribution in [1.29, 1.82) is 0 Å². The SMILES string of the molecule is Cn1ccnc1P(CCP(c1nccn1C)c1nccn1C)c1nccn1C. The summed E-state index contributed by atoms with van der Waals surface area (Å²) in [5.74, 6) is 0. The molecule has 0 bridgehead atoms. The molecule has 8 nitrogen and oxygen atoms in total. The van der Waals surface area contributed by atoms with Gasteiger partial charge in [-0.2, -0.15) is 0 Å². The number of aryl methyl sites for hydroxylation is 4. The number of hydrogen-bond acceptors (Lipinski definition) is 4. The van der Waals surface area contributed by atoms with E-state index in [0.717, 1.165) is 34.6 Å². The van der Waals surface area contributed by atoms with Gasteiger partial charge in [-0.05, 0) is 12.3 Å². The number of rotatable bonds is 7. The monoisotopic (exact) mass is 414 g/mol. The highest BCUT2D eigenvalue weighted by atomic mass is 31.1. The number of hydrogen-bond donors (Lipinski definition) is 0. The maximum atomic E-state index is 4.66. The lowest BCUT2D eigenvalue weighted by atomic mass is 10.9. The molecule has 4 rings (SSSR count). The minimum atomic E-state index is -0.676. The molecular weight excluding hydrogens is 390 g/mol. The third-order valence-corrected chi connectivity index (χ3v) is 10.0. The first-order valence-corrected chi connectivity index (χ1v) is 12.1. The summed E-state index contributed by atoms with van der Waals surface area (Å²) < 4.78 is 8.46. The molecule has 28 heavy (non-hydrogen) atoms. The Morgan fingerprint density at radius 3 is 0.964 bits per heavy atom. The van der Waals surface area contributed by atoms with Crippen molar-refractivity contribution in [2.75, 3.05) is 12.3 Å². The van der Waals surface area contributed by atoms with Crippen LogP contribution in [0, 0.1) is 0 Å². The molecule has 0 amide bonds. The second kappa shape index (κ2) is 7.98. The van der Waals surface area contributed by atoms with Gasteiger partial charge in [-0.3, -0.25) is 0 Å². The Morgan fingerprint density at radius 1 is 0.536 bits per heavy atom. The Labute approximate surface area is 166 Å². The Kier molecular flexibility index (Phi) is 5.42. The lowest BCUT2D eigenvalue weighted by Gasteiger charge is -2.21. The van der Waals surface area contributed by atoms with Crippen molar-refractivity contribution in [3.63, 3.8) is 0 Å². The van der Waals surface area contributed by atoms with E-state index in [1.165, 1.54) is 0 Å². The van der Waals surface area contributed by atoms with E-state index in [0.29, 0.717) is 0 Å². The molecular formula is C18H24N8P2. The first-order chi connectivity index (χ1) is 13.6. The average molecular weight is 414 g/mol. The molecule has 0 atom stereocenters. The summed E-state index contributed by atoms with van der Waals surface area (Å²) in [5.41, 5.74) is 4.38. The molecule has 0 aromatic carbocycles. The van der Waals surface area contributed by atoms with E-state index in [-0.39, 0.29) is 0 Å². The Balaban J connectivity index is 1.68. The maximum absolute atomic E-state index is 4.66. The van der Waals surface area contributed by atoms with E-state index < -0.39 is 15.8 Å². The van der Waals surface area contributed by atoms with E-state index in [1.54, 1.807) is 0 Å². The van der Waals surface area contributed by atoms with E-state index in [4.69, 9.17) is 0 Å². The molecule has 0 aliphatic heterocycles. The Bertz CT molecular complexity index is 894. The van der Waals surface area contributed by atoms with Crippen molar-refractivity contribution < 1.29 is 0 Å². The number of aromatic nitrogens is 8. The van der Waals surface area contributed by atoms with Gasteiger partial charge in [0.2, 0.25) is 0 Å². The largest absolute Gasteiger partial charge is 0.334 e. The summed E-state index contributed by atoms with van der Waals surface area (Å²) in [6.07, 6.45) is 17.5. The van der Waals surface area contributed by atoms with Crippen LogP contribution in [0.4, 0.5) is 0 Å². The third-order valence-electron chi connectivity index (χ3n) is 4.70. The second-order valence-electron chi connectivity index (χ2n) is 6.66. The fourth-order valence-electron chi connectivity index (χ4n) is 3.25. The van der Waals surface area contributed by atoms with Gasteiger partial charge in [0.15, 0.2) is 0 Å². The van der Waals surface area contributed by atoms with Crippen LogP contribution in [0.3, 0.4) is 0 Å². The van der Waals surface area contributed by atoms with Crippen LogP contribution in [0.15, 0.2) is 49.6 Å². The summed E-state index contributed by atoms with van der Waals surface area (Å²) in [5, 5.41) is 0. The minimum absolute atomic E-state index is 0.676. The minimum Gasteiger partial charge on any atom is -0.334 e. The average Bonchev–Trinajstić information content (AvgIpc) is 3.45. The molecule has 4 aromatic rings. The van der Waals surface area contributed by atoms with Crippen LogP contribution in [0.1, 0.15) is 0 Å². The Morgan fingerprint density at radius 2 is 0.786 bits per heavy atom. The quantitative estimate of drug-likeness (QED) is 0.405. The summed E-state index contributed by atoms with van der Waals surface area (Å²) in [4.78, 5) is 18.6. The van der Waals surface area contributed by atoms with Crippen molar-refractivity contribution >= 4 is 38.1 Å². The molecule has 4 heterocycles. The van der Waals surface area contributed by atoms with Crippen molar-refractivity contribution in [3.8, 4) is 0 Å². The molecule has 0 N–H and O–H groups in total. The lowest BCUT2D eigenvalue weighted by Crippen LogP contribution is -2.31. The Hall–Kier alpha value is -2.30. The topological polar surface area (TPSA) is 71.3 Å². The molecule has 0 spiro atoms. The lowest BCUT2D eigenvalue weighted by molar-refractivity contribution is 0.936. The molecule has 0 aliphatic rings. The van der Waals surface area contributed by atoms with E-state index >= 15 is 0 Å². The standard InChI is InChI=1S/C18H24N8P2/c1-23-9-5-19-15(23)27(16-20-6-10-24(16)2)13-14-28(17-21-7-11-25(17)3)18-22-8-12-26(18)4/h5-12H,13-14H2,1-4H3. The van der Waals surface area contributed by atoms with Crippen molar-refractivity contribution in [2.45, 2.75) is 0 Å².